The Hall–Kier alpha value is -2.09. The molecule has 1 aromatic rings. The highest BCUT2D eigenvalue weighted by Gasteiger charge is 2.36. The van der Waals surface area contributed by atoms with Crippen molar-refractivity contribution in [1.29, 1.82) is 5.26 Å². The predicted molar refractivity (Wildman–Crippen MR) is 68.2 cm³/mol. The van der Waals surface area contributed by atoms with Crippen LogP contribution in [0.25, 0.3) is 0 Å². The van der Waals surface area contributed by atoms with Crippen LogP contribution in [0, 0.1) is 17.1 Å². The molecule has 100 valence electrons. The van der Waals surface area contributed by atoms with Gasteiger partial charge in [-0.15, -0.1) is 0 Å². The Morgan fingerprint density at radius 3 is 2.74 bits per heavy atom. The zero-order chi connectivity index (χ0) is 13.9. The molecule has 4 nitrogen and oxygen atoms in total. The smallest absolute Gasteiger partial charge is 0.305 e. The molecule has 1 aliphatic carbocycles. The number of aliphatic carboxylic acids is 1. The maximum Gasteiger partial charge on any atom is 0.305 e. The van der Waals surface area contributed by atoms with Gasteiger partial charge < -0.3 is 10.4 Å². The summed E-state index contributed by atoms with van der Waals surface area (Å²) < 4.78 is 13.1. The molecule has 2 N–H and O–H groups in total. The van der Waals surface area contributed by atoms with E-state index in [1.54, 1.807) is 0 Å². The third-order valence-corrected chi connectivity index (χ3v) is 3.55. The van der Waals surface area contributed by atoms with Gasteiger partial charge in [0.05, 0.1) is 17.7 Å². The van der Waals surface area contributed by atoms with Crippen molar-refractivity contribution in [3.63, 3.8) is 0 Å². The van der Waals surface area contributed by atoms with Crippen LogP contribution in [-0.4, -0.2) is 16.6 Å². The summed E-state index contributed by atoms with van der Waals surface area (Å²) in [5.41, 5.74) is 0.193. The van der Waals surface area contributed by atoms with Gasteiger partial charge in [0, 0.05) is 5.54 Å². The van der Waals surface area contributed by atoms with E-state index in [0.717, 1.165) is 31.7 Å². The number of carboxylic acids is 1. The fourth-order valence-electron chi connectivity index (χ4n) is 2.69. The fraction of sp³-hybridized carbons (Fsp3) is 0.429. The van der Waals surface area contributed by atoms with Gasteiger partial charge in [-0.05, 0) is 31.0 Å². The van der Waals surface area contributed by atoms with Crippen molar-refractivity contribution in [2.45, 2.75) is 37.6 Å². The van der Waals surface area contributed by atoms with Crippen LogP contribution >= 0.6 is 0 Å². The van der Waals surface area contributed by atoms with Crippen molar-refractivity contribution in [3.05, 3.63) is 29.6 Å². The van der Waals surface area contributed by atoms with Gasteiger partial charge in [-0.3, -0.25) is 4.79 Å². The van der Waals surface area contributed by atoms with Gasteiger partial charge in [0.2, 0.25) is 0 Å². The summed E-state index contributed by atoms with van der Waals surface area (Å²) >= 11 is 0. The number of halogens is 1. The first kappa shape index (κ1) is 13.3. The number of nitrogens with one attached hydrogen (secondary N) is 1. The van der Waals surface area contributed by atoms with Gasteiger partial charge in [-0.1, -0.05) is 12.8 Å². The summed E-state index contributed by atoms with van der Waals surface area (Å²) in [7, 11) is 0. The number of hydrogen-bond donors (Lipinski definition) is 2. The molecule has 0 aromatic heterocycles. The van der Waals surface area contributed by atoms with E-state index in [1.165, 1.54) is 12.1 Å². The minimum atomic E-state index is -0.866. The van der Waals surface area contributed by atoms with E-state index in [2.05, 4.69) is 5.32 Å². The number of anilines is 1. The third kappa shape index (κ3) is 3.02. The van der Waals surface area contributed by atoms with Crippen LogP contribution in [0.3, 0.4) is 0 Å². The molecule has 5 heteroatoms. The van der Waals surface area contributed by atoms with Crippen LogP contribution in [0.1, 0.15) is 37.7 Å². The van der Waals surface area contributed by atoms with E-state index in [4.69, 9.17) is 10.4 Å². The zero-order valence-electron chi connectivity index (χ0n) is 10.4. The highest BCUT2D eigenvalue weighted by atomic mass is 19.1. The second kappa shape index (κ2) is 5.27. The fourth-order valence-corrected chi connectivity index (χ4v) is 2.69. The third-order valence-electron chi connectivity index (χ3n) is 3.55. The normalized spacial score (nSPS) is 16.8. The van der Waals surface area contributed by atoms with E-state index in [-0.39, 0.29) is 12.0 Å². The molecule has 2 rings (SSSR count). The van der Waals surface area contributed by atoms with E-state index in [9.17, 15) is 9.18 Å². The predicted octanol–water partition coefficient (Wildman–Crippen LogP) is 2.90. The maximum absolute atomic E-state index is 13.1. The highest BCUT2D eigenvalue weighted by molar-refractivity contribution is 5.70. The highest BCUT2D eigenvalue weighted by Crippen LogP contribution is 2.36. The first-order chi connectivity index (χ1) is 9.04. The Balaban J connectivity index is 2.27. The van der Waals surface area contributed by atoms with Crippen LogP contribution in [-0.2, 0) is 4.79 Å². The first-order valence-electron chi connectivity index (χ1n) is 6.24. The monoisotopic (exact) mass is 262 g/mol. The number of benzene rings is 1. The molecule has 0 radical (unpaired) electrons. The van der Waals surface area contributed by atoms with Gasteiger partial charge in [0.1, 0.15) is 11.9 Å². The number of nitrogens with zero attached hydrogens (tertiary/aromatic N) is 1. The number of rotatable bonds is 4. The zero-order valence-corrected chi connectivity index (χ0v) is 10.4. The molecule has 1 fully saturated rings. The molecule has 0 heterocycles. The van der Waals surface area contributed by atoms with E-state index < -0.39 is 17.3 Å². The molecule has 1 aromatic carbocycles. The quantitative estimate of drug-likeness (QED) is 0.875. The molecular formula is C14H15FN2O2. The van der Waals surface area contributed by atoms with Crippen LogP contribution in [0.2, 0.25) is 0 Å². The lowest BCUT2D eigenvalue weighted by molar-refractivity contribution is -0.138. The molecule has 19 heavy (non-hydrogen) atoms. The Morgan fingerprint density at radius 2 is 2.16 bits per heavy atom. The van der Waals surface area contributed by atoms with Crippen molar-refractivity contribution in [2.75, 3.05) is 5.32 Å². The Morgan fingerprint density at radius 1 is 1.47 bits per heavy atom. The summed E-state index contributed by atoms with van der Waals surface area (Å²) in [6, 6.07) is 5.86. The SMILES string of the molecule is N#Cc1cc(F)ccc1NC1(CC(=O)O)CCCC1. The maximum atomic E-state index is 13.1. The van der Waals surface area contributed by atoms with Crippen LogP contribution in [0.5, 0.6) is 0 Å². The van der Waals surface area contributed by atoms with Gasteiger partial charge in [0.15, 0.2) is 0 Å². The van der Waals surface area contributed by atoms with Gasteiger partial charge >= 0.3 is 5.97 Å². The molecule has 0 aliphatic heterocycles. The van der Waals surface area contributed by atoms with Crippen LogP contribution in [0.4, 0.5) is 10.1 Å². The van der Waals surface area contributed by atoms with E-state index in [0.29, 0.717) is 5.69 Å². The largest absolute Gasteiger partial charge is 0.481 e. The lowest BCUT2D eigenvalue weighted by Crippen LogP contribution is -2.37. The van der Waals surface area contributed by atoms with Crippen LogP contribution < -0.4 is 5.32 Å². The lowest BCUT2D eigenvalue weighted by Gasteiger charge is -2.30. The second-order valence-corrected chi connectivity index (χ2v) is 4.98. The molecule has 0 bridgehead atoms. The van der Waals surface area contributed by atoms with Crippen molar-refractivity contribution in [3.8, 4) is 6.07 Å². The summed E-state index contributed by atoms with van der Waals surface area (Å²) in [5.74, 6) is -1.34. The van der Waals surface area contributed by atoms with Gasteiger partial charge in [-0.2, -0.15) is 5.26 Å². The van der Waals surface area contributed by atoms with Crippen molar-refractivity contribution in [1.82, 2.24) is 0 Å². The van der Waals surface area contributed by atoms with Crippen molar-refractivity contribution < 1.29 is 14.3 Å². The minimum Gasteiger partial charge on any atom is -0.481 e. The molecular weight excluding hydrogens is 247 g/mol. The standard InChI is InChI=1S/C14H15FN2O2/c15-11-3-4-12(10(7-11)9-16)17-14(8-13(18)19)5-1-2-6-14/h3-4,7,17H,1-2,5-6,8H2,(H,18,19). The molecule has 0 unspecified atom stereocenters. The molecule has 0 saturated heterocycles. The van der Waals surface area contributed by atoms with E-state index in [1.807, 2.05) is 6.07 Å². The average Bonchev–Trinajstić information content (AvgIpc) is 2.79. The molecule has 0 atom stereocenters. The average molecular weight is 262 g/mol. The first-order valence-corrected chi connectivity index (χ1v) is 6.24. The lowest BCUT2D eigenvalue weighted by atomic mass is 9.92. The number of carboxylic acid groups (broad SMARTS) is 1. The summed E-state index contributed by atoms with van der Waals surface area (Å²) in [6.45, 7) is 0. The second-order valence-electron chi connectivity index (χ2n) is 4.98. The van der Waals surface area contributed by atoms with Crippen molar-refractivity contribution in [2.24, 2.45) is 0 Å². The Bertz CT molecular complexity index is 531. The summed E-state index contributed by atoms with van der Waals surface area (Å²) in [5, 5.41) is 21.2. The topological polar surface area (TPSA) is 73.1 Å². The molecule has 0 amide bonds. The van der Waals surface area contributed by atoms with Gasteiger partial charge in [0.25, 0.3) is 0 Å². The molecule has 0 spiro atoms. The number of carbonyl (C=O) groups is 1. The Labute approximate surface area is 110 Å². The minimum absolute atomic E-state index is 0.00917. The van der Waals surface area contributed by atoms with E-state index >= 15 is 0 Å². The molecule has 1 saturated carbocycles. The Kier molecular flexibility index (Phi) is 3.70. The summed E-state index contributed by atoms with van der Waals surface area (Å²) in [6.07, 6.45) is 3.44. The number of nitriles is 1. The molecule has 1 aliphatic rings. The number of hydrogen-bond acceptors (Lipinski definition) is 3. The van der Waals surface area contributed by atoms with Crippen molar-refractivity contribution >= 4 is 11.7 Å². The van der Waals surface area contributed by atoms with Gasteiger partial charge in [-0.25, -0.2) is 4.39 Å². The summed E-state index contributed by atoms with van der Waals surface area (Å²) in [4.78, 5) is 11.0. The van der Waals surface area contributed by atoms with Crippen LogP contribution in [0.15, 0.2) is 18.2 Å².